The highest BCUT2D eigenvalue weighted by atomic mass is 19.1. The molecule has 2 aromatic rings. The summed E-state index contributed by atoms with van der Waals surface area (Å²) in [6.07, 6.45) is 3.07. The first-order valence-electron chi connectivity index (χ1n) is 14.2. The molecule has 2 aliphatic rings. The molecule has 9 nitrogen and oxygen atoms in total. The second kappa shape index (κ2) is 12.7. The molecule has 0 aromatic heterocycles. The van der Waals surface area contributed by atoms with Crippen molar-refractivity contribution in [2.45, 2.75) is 70.4 Å². The second-order valence-electron chi connectivity index (χ2n) is 11.9. The molecule has 2 unspecified atom stereocenters. The van der Waals surface area contributed by atoms with Crippen LogP contribution in [0.3, 0.4) is 0 Å². The first-order chi connectivity index (χ1) is 19.4. The molecule has 4 amide bonds. The molecule has 2 aromatic carbocycles. The molecule has 1 aliphatic carbocycles. The molecule has 1 saturated heterocycles. The number of alkyl carbamates (subject to hydrolysis) is 1. The van der Waals surface area contributed by atoms with Gasteiger partial charge in [-0.15, -0.1) is 0 Å². The van der Waals surface area contributed by atoms with E-state index >= 15 is 0 Å². The summed E-state index contributed by atoms with van der Waals surface area (Å²) >= 11 is 0. The minimum absolute atomic E-state index is 0.0580. The lowest BCUT2D eigenvalue weighted by atomic mass is 9.81. The summed E-state index contributed by atoms with van der Waals surface area (Å²) < 4.78 is 19.7. The fourth-order valence-electron chi connectivity index (χ4n) is 5.81. The number of rotatable bonds is 7. The van der Waals surface area contributed by atoms with Crippen molar-refractivity contribution in [1.29, 1.82) is 0 Å². The van der Waals surface area contributed by atoms with E-state index in [0.717, 1.165) is 24.5 Å². The number of hydrogen-bond acceptors (Lipinski definition) is 5. The highest BCUT2D eigenvalue weighted by molar-refractivity contribution is 5.99. The van der Waals surface area contributed by atoms with Gasteiger partial charge in [0.05, 0.1) is 5.56 Å². The number of halogens is 1. The van der Waals surface area contributed by atoms with Gasteiger partial charge in [-0.1, -0.05) is 30.3 Å². The van der Waals surface area contributed by atoms with Gasteiger partial charge in [-0.3, -0.25) is 14.4 Å². The Hall–Kier alpha value is -3.95. The van der Waals surface area contributed by atoms with Gasteiger partial charge in [-0.2, -0.15) is 0 Å². The van der Waals surface area contributed by atoms with Gasteiger partial charge in [0, 0.05) is 30.6 Å². The van der Waals surface area contributed by atoms with Crippen molar-refractivity contribution < 1.29 is 28.3 Å². The van der Waals surface area contributed by atoms with Crippen molar-refractivity contribution in [3.63, 3.8) is 0 Å². The van der Waals surface area contributed by atoms with Crippen molar-refractivity contribution in [1.82, 2.24) is 10.2 Å². The maximum atomic E-state index is 14.4. The van der Waals surface area contributed by atoms with E-state index in [0.29, 0.717) is 32.4 Å². The molecule has 1 saturated carbocycles. The predicted octanol–water partition coefficient (Wildman–Crippen LogP) is 4.58. The molecule has 1 aliphatic heterocycles. The van der Waals surface area contributed by atoms with Gasteiger partial charge in [0.15, 0.2) is 0 Å². The molecule has 1 heterocycles. The van der Waals surface area contributed by atoms with Gasteiger partial charge >= 0.3 is 6.09 Å². The van der Waals surface area contributed by atoms with Gasteiger partial charge in [-0.25, -0.2) is 9.18 Å². The van der Waals surface area contributed by atoms with Crippen LogP contribution in [-0.2, 0) is 14.3 Å². The largest absolute Gasteiger partial charge is 0.444 e. The molecule has 2 fully saturated rings. The molecule has 4 rings (SSSR count). The molecule has 0 bridgehead atoms. The van der Waals surface area contributed by atoms with E-state index in [2.05, 4.69) is 10.6 Å². The predicted molar refractivity (Wildman–Crippen MR) is 153 cm³/mol. The Labute approximate surface area is 240 Å². The van der Waals surface area contributed by atoms with Crippen LogP contribution in [0.15, 0.2) is 48.5 Å². The number of likely N-dealkylation sites (tertiary alicyclic amines) is 1. The monoisotopic (exact) mass is 566 g/mol. The molecule has 10 heteroatoms. The Bertz CT molecular complexity index is 1270. The number of primary amides is 1. The third-order valence-electron chi connectivity index (χ3n) is 7.81. The van der Waals surface area contributed by atoms with Crippen LogP contribution >= 0.6 is 0 Å². The number of carbonyl (C=O) groups excluding carboxylic acids is 4. The van der Waals surface area contributed by atoms with Crippen LogP contribution in [0.25, 0.3) is 0 Å². The third-order valence-corrected chi connectivity index (χ3v) is 7.81. The van der Waals surface area contributed by atoms with Crippen LogP contribution in [0.4, 0.5) is 14.9 Å². The zero-order valence-corrected chi connectivity index (χ0v) is 23.8. The lowest BCUT2D eigenvalue weighted by molar-refractivity contribution is -0.141. The van der Waals surface area contributed by atoms with Crippen LogP contribution < -0.4 is 16.4 Å². The molecule has 220 valence electrons. The standard InChI is InChI=1S/C31H39FN4O5/c1-31(2,3)41-30(40)34-18-19-9-11-21(12-10-19)29(39)36-16-15-23(20-7-5-4-6-8-20)26(36)28(38)35-22-13-14-24(27(33)37)25(32)17-22/h4-8,13-14,17,19,21,23,26H,9-12,15-16,18H2,1-3H3,(H2,33,37)(H,34,40)(H,35,38). The Morgan fingerprint density at radius 2 is 1.68 bits per heavy atom. The van der Waals surface area contributed by atoms with Crippen molar-refractivity contribution in [2.24, 2.45) is 17.6 Å². The third kappa shape index (κ3) is 7.62. The van der Waals surface area contributed by atoms with Crippen LogP contribution in [0.2, 0.25) is 0 Å². The zero-order chi connectivity index (χ0) is 29.7. The normalized spacial score (nSPS) is 22.6. The van der Waals surface area contributed by atoms with E-state index in [4.69, 9.17) is 10.5 Å². The Morgan fingerprint density at radius 1 is 1.00 bits per heavy atom. The number of anilines is 1. The number of nitrogens with zero attached hydrogens (tertiary/aromatic N) is 1. The fraction of sp³-hybridized carbons (Fsp3) is 0.484. The van der Waals surface area contributed by atoms with Crippen molar-refractivity contribution in [3.05, 3.63) is 65.5 Å². The van der Waals surface area contributed by atoms with E-state index in [1.165, 1.54) is 12.1 Å². The van der Waals surface area contributed by atoms with E-state index in [-0.39, 0.29) is 34.9 Å². The summed E-state index contributed by atoms with van der Waals surface area (Å²) in [5, 5.41) is 5.58. The number of carbonyl (C=O) groups is 4. The molecular formula is C31H39FN4O5. The van der Waals surface area contributed by atoms with Crippen molar-refractivity contribution >= 4 is 29.5 Å². The Morgan fingerprint density at radius 3 is 2.29 bits per heavy atom. The van der Waals surface area contributed by atoms with E-state index in [9.17, 15) is 23.6 Å². The lowest BCUT2D eigenvalue weighted by Gasteiger charge is -2.34. The summed E-state index contributed by atoms with van der Waals surface area (Å²) in [6.45, 7) is 6.37. The summed E-state index contributed by atoms with van der Waals surface area (Å²) in [4.78, 5) is 52.5. The van der Waals surface area contributed by atoms with Gasteiger partial charge < -0.3 is 26.0 Å². The van der Waals surface area contributed by atoms with E-state index < -0.39 is 35.4 Å². The van der Waals surface area contributed by atoms with E-state index in [1.807, 2.05) is 51.1 Å². The topological polar surface area (TPSA) is 131 Å². The van der Waals surface area contributed by atoms with Crippen LogP contribution in [0, 0.1) is 17.7 Å². The van der Waals surface area contributed by atoms with Crippen LogP contribution in [0.5, 0.6) is 0 Å². The summed E-state index contributed by atoms with van der Waals surface area (Å²) in [7, 11) is 0. The van der Waals surface area contributed by atoms with Gasteiger partial charge in [0.2, 0.25) is 11.8 Å². The number of benzene rings is 2. The molecule has 4 N–H and O–H groups in total. The average molecular weight is 567 g/mol. The van der Waals surface area contributed by atoms with Gasteiger partial charge in [0.25, 0.3) is 5.91 Å². The highest BCUT2D eigenvalue weighted by Crippen LogP contribution is 2.38. The number of nitrogens with one attached hydrogen (secondary N) is 2. The second-order valence-corrected chi connectivity index (χ2v) is 11.9. The smallest absolute Gasteiger partial charge is 0.407 e. The quantitative estimate of drug-likeness (QED) is 0.452. The maximum Gasteiger partial charge on any atom is 0.407 e. The molecule has 0 spiro atoms. The summed E-state index contributed by atoms with van der Waals surface area (Å²) in [5.74, 6) is -2.38. The molecule has 2 atom stereocenters. The average Bonchev–Trinajstić information content (AvgIpc) is 3.37. The van der Waals surface area contributed by atoms with Crippen molar-refractivity contribution in [2.75, 3.05) is 18.4 Å². The Kier molecular flexibility index (Phi) is 9.30. The van der Waals surface area contributed by atoms with E-state index in [1.54, 1.807) is 4.90 Å². The number of ether oxygens (including phenoxy) is 1. The summed E-state index contributed by atoms with van der Waals surface area (Å²) in [5.41, 5.74) is 5.50. The van der Waals surface area contributed by atoms with Crippen LogP contribution in [-0.4, -0.2) is 53.4 Å². The molecular weight excluding hydrogens is 527 g/mol. The minimum atomic E-state index is -0.896. The van der Waals surface area contributed by atoms with Crippen molar-refractivity contribution in [3.8, 4) is 0 Å². The fourth-order valence-corrected chi connectivity index (χ4v) is 5.81. The summed E-state index contributed by atoms with van der Waals surface area (Å²) in [6, 6.07) is 12.5. The minimum Gasteiger partial charge on any atom is -0.444 e. The van der Waals surface area contributed by atoms with Crippen LogP contribution in [0.1, 0.15) is 74.7 Å². The Balaban J connectivity index is 1.43. The SMILES string of the molecule is CC(C)(C)OC(=O)NCC1CCC(C(=O)N2CCC(c3ccccc3)C2C(=O)Nc2ccc(C(N)=O)c(F)c2)CC1. The number of amides is 4. The zero-order valence-electron chi connectivity index (χ0n) is 23.8. The number of nitrogens with two attached hydrogens (primary N) is 1. The van der Waals surface area contributed by atoms with Gasteiger partial charge in [-0.05, 0) is 82.6 Å². The lowest BCUT2D eigenvalue weighted by Crippen LogP contribution is -2.48. The maximum absolute atomic E-state index is 14.4. The highest BCUT2D eigenvalue weighted by Gasteiger charge is 2.44. The van der Waals surface area contributed by atoms with Gasteiger partial charge in [0.1, 0.15) is 17.5 Å². The molecule has 41 heavy (non-hydrogen) atoms. The first kappa shape index (κ1) is 30.0. The first-order valence-corrected chi connectivity index (χ1v) is 14.2. The molecule has 0 radical (unpaired) electrons. The number of hydrogen-bond donors (Lipinski definition) is 3.